The summed E-state index contributed by atoms with van der Waals surface area (Å²) in [6, 6.07) is 9.31. The highest BCUT2D eigenvalue weighted by atomic mass is 19.1. The van der Waals surface area contributed by atoms with Gasteiger partial charge in [0.15, 0.2) is 0 Å². The van der Waals surface area contributed by atoms with E-state index in [1.807, 2.05) is 12.1 Å². The number of fused-ring (bicyclic) bond motifs is 4. The summed E-state index contributed by atoms with van der Waals surface area (Å²) < 4.78 is 16.1. The van der Waals surface area contributed by atoms with Gasteiger partial charge in [-0.15, -0.1) is 0 Å². The Hall–Kier alpha value is -4.04. The molecule has 3 aliphatic rings. The molecular formula is C29H34FN7O3. The van der Waals surface area contributed by atoms with E-state index in [1.165, 1.54) is 26.2 Å². The van der Waals surface area contributed by atoms with Crippen molar-refractivity contribution in [2.24, 2.45) is 5.41 Å². The second kappa shape index (κ2) is 10.2. The fourth-order valence-corrected chi connectivity index (χ4v) is 5.93. The predicted octanol–water partition coefficient (Wildman–Crippen LogP) is 3.36. The van der Waals surface area contributed by atoms with E-state index in [0.29, 0.717) is 22.6 Å². The first kappa shape index (κ1) is 27.5. The van der Waals surface area contributed by atoms with Crippen LogP contribution in [0.4, 0.5) is 10.1 Å². The van der Waals surface area contributed by atoms with Gasteiger partial charge in [-0.3, -0.25) is 14.6 Å². The standard InChI is InChI=1S/C29H34FN7O3/c1-27(2,40)24(30)17-34-25(38)20-16-33-22(23-5-4-19-12-18(14-31)15-35-37(19)23)13-21(20)36-29-9-6-28(7-10-29,8-11-29)26(39)32-3/h4-5,12-13,15-16,24,40H,6-11,17H2,1-3H3,(H,32,39)(H,33,36)(H,34,38)/t24-,28?,29?/m1/s1. The number of nitrogens with one attached hydrogen (secondary N) is 3. The van der Waals surface area contributed by atoms with Crippen molar-refractivity contribution in [2.75, 3.05) is 18.9 Å². The molecule has 2 bridgehead atoms. The first-order valence-corrected chi connectivity index (χ1v) is 13.5. The first-order valence-electron chi connectivity index (χ1n) is 13.5. The fraction of sp³-hybridized carbons (Fsp3) is 0.483. The lowest BCUT2D eigenvalue weighted by atomic mass is 9.57. The molecule has 0 radical (unpaired) electrons. The number of nitrogens with zero attached hydrogens (tertiary/aromatic N) is 4. The van der Waals surface area contributed by atoms with Crippen molar-refractivity contribution in [1.82, 2.24) is 25.2 Å². The number of rotatable bonds is 8. The Kier molecular flexibility index (Phi) is 7.00. The SMILES string of the molecule is CNC(=O)C12CCC(Nc3cc(-c4ccc5cc(C#N)cnn45)ncc3C(=O)NC[C@@H](F)C(C)(C)O)(CC1)CC2. The highest BCUT2D eigenvalue weighted by molar-refractivity contribution is 6.00. The number of alkyl halides is 1. The van der Waals surface area contributed by atoms with Gasteiger partial charge in [0, 0.05) is 24.2 Å². The fourth-order valence-electron chi connectivity index (χ4n) is 5.93. The summed E-state index contributed by atoms with van der Waals surface area (Å²) in [7, 11) is 1.68. The minimum Gasteiger partial charge on any atom is -0.387 e. The Morgan fingerprint density at radius 3 is 2.50 bits per heavy atom. The van der Waals surface area contributed by atoms with Crippen molar-refractivity contribution in [1.29, 1.82) is 5.26 Å². The molecule has 0 spiro atoms. The lowest BCUT2D eigenvalue weighted by Crippen LogP contribution is -2.55. The molecule has 0 unspecified atom stereocenters. The molecule has 3 heterocycles. The lowest BCUT2D eigenvalue weighted by molar-refractivity contribution is -0.136. The summed E-state index contributed by atoms with van der Waals surface area (Å²) in [6.07, 6.45) is 5.88. The van der Waals surface area contributed by atoms with Crippen LogP contribution >= 0.6 is 0 Å². The van der Waals surface area contributed by atoms with E-state index in [0.717, 1.165) is 44.0 Å². The highest BCUT2D eigenvalue weighted by Crippen LogP contribution is 2.53. The molecule has 11 heteroatoms. The molecule has 3 saturated carbocycles. The van der Waals surface area contributed by atoms with E-state index in [2.05, 4.69) is 32.1 Å². The number of carbonyl (C=O) groups excluding carboxylic acids is 2. The van der Waals surface area contributed by atoms with E-state index in [1.54, 1.807) is 23.7 Å². The lowest BCUT2D eigenvalue weighted by Gasteiger charge is -2.53. The van der Waals surface area contributed by atoms with Crippen LogP contribution in [0.2, 0.25) is 0 Å². The third kappa shape index (κ3) is 4.99. The van der Waals surface area contributed by atoms with Crippen molar-refractivity contribution >= 4 is 23.0 Å². The molecule has 0 aromatic carbocycles. The first-order chi connectivity index (χ1) is 19.0. The summed E-state index contributed by atoms with van der Waals surface area (Å²) in [4.78, 5) is 30.4. The van der Waals surface area contributed by atoms with Crippen molar-refractivity contribution in [3.8, 4) is 17.5 Å². The Morgan fingerprint density at radius 1 is 1.18 bits per heavy atom. The minimum absolute atomic E-state index is 0.0896. The van der Waals surface area contributed by atoms with Crippen LogP contribution in [0.1, 0.15) is 68.3 Å². The van der Waals surface area contributed by atoms with Gasteiger partial charge in [-0.05, 0) is 76.6 Å². The molecule has 1 atom stereocenters. The summed E-state index contributed by atoms with van der Waals surface area (Å²) in [5.41, 5.74) is 1.02. The normalized spacial score (nSPS) is 22.9. The van der Waals surface area contributed by atoms with E-state index in [-0.39, 0.29) is 29.0 Å². The maximum atomic E-state index is 14.4. The van der Waals surface area contributed by atoms with Crippen LogP contribution in [0.15, 0.2) is 36.7 Å². The zero-order valence-electron chi connectivity index (χ0n) is 22.9. The molecule has 6 rings (SSSR count). The topological polar surface area (TPSA) is 144 Å². The zero-order chi connectivity index (χ0) is 28.7. The second-order valence-corrected chi connectivity index (χ2v) is 11.6. The quantitative estimate of drug-likeness (QED) is 0.338. The van der Waals surface area contributed by atoms with Gasteiger partial charge in [0.25, 0.3) is 5.91 Å². The van der Waals surface area contributed by atoms with Crippen LogP contribution in [0.25, 0.3) is 16.9 Å². The highest BCUT2D eigenvalue weighted by Gasteiger charge is 2.52. The van der Waals surface area contributed by atoms with Gasteiger partial charge in [0.1, 0.15) is 12.2 Å². The molecule has 10 nitrogen and oxygen atoms in total. The Labute approximate surface area is 232 Å². The molecule has 3 aromatic rings. The molecule has 0 aliphatic heterocycles. The molecule has 0 saturated heterocycles. The maximum Gasteiger partial charge on any atom is 0.255 e. The predicted molar refractivity (Wildman–Crippen MR) is 147 cm³/mol. The van der Waals surface area contributed by atoms with Gasteiger partial charge < -0.3 is 21.1 Å². The second-order valence-electron chi connectivity index (χ2n) is 11.6. The number of amides is 2. The van der Waals surface area contributed by atoms with Crippen LogP contribution in [-0.4, -0.2) is 62.4 Å². The van der Waals surface area contributed by atoms with Gasteiger partial charge in [0.05, 0.1) is 52.1 Å². The Balaban J connectivity index is 1.48. The smallest absolute Gasteiger partial charge is 0.255 e. The number of aromatic nitrogens is 3. The number of halogens is 1. The third-order valence-corrected chi connectivity index (χ3v) is 8.60. The van der Waals surface area contributed by atoms with Crippen LogP contribution in [-0.2, 0) is 4.79 Å². The number of anilines is 1. The van der Waals surface area contributed by atoms with Crippen LogP contribution in [0.5, 0.6) is 0 Å². The van der Waals surface area contributed by atoms with Crippen molar-refractivity contribution in [3.05, 3.63) is 47.8 Å². The maximum absolute atomic E-state index is 14.4. The number of hydrogen-bond donors (Lipinski definition) is 4. The number of aliphatic hydroxyl groups is 1. The van der Waals surface area contributed by atoms with Crippen LogP contribution < -0.4 is 16.0 Å². The summed E-state index contributed by atoms with van der Waals surface area (Å²) in [5, 5.41) is 32.6. The monoisotopic (exact) mass is 547 g/mol. The average molecular weight is 548 g/mol. The largest absolute Gasteiger partial charge is 0.387 e. The van der Waals surface area contributed by atoms with Gasteiger partial charge in [-0.25, -0.2) is 8.91 Å². The van der Waals surface area contributed by atoms with Gasteiger partial charge in [-0.2, -0.15) is 10.4 Å². The molecule has 3 aromatic heterocycles. The molecule has 210 valence electrons. The number of nitriles is 1. The van der Waals surface area contributed by atoms with Crippen LogP contribution in [0.3, 0.4) is 0 Å². The van der Waals surface area contributed by atoms with Crippen molar-refractivity contribution in [3.63, 3.8) is 0 Å². The number of hydrogen-bond acceptors (Lipinski definition) is 7. The molecule has 40 heavy (non-hydrogen) atoms. The summed E-state index contributed by atoms with van der Waals surface area (Å²) in [6.45, 7) is 2.36. The van der Waals surface area contributed by atoms with Crippen LogP contribution in [0, 0.1) is 16.7 Å². The molecule has 4 N–H and O–H groups in total. The molecular weight excluding hydrogens is 513 g/mol. The van der Waals surface area contributed by atoms with Gasteiger partial charge in [0.2, 0.25) is 5.91 Å². The Bertz CT molecular complexity index is 1480. The van der Waals surface area contributed by atoms with Gasteiger partial charge in [-0.1, -0.05) is 0 Å². The van der Waals surface area contributed by atoms with E-state index < -0.39 is 17.7 Å². The zero-order valence-corrected chi connectivity index (χ0v) is 22.9. The van der Waals surface area contributed by atoms with Crippen molar-refractivity contribution < 1.29 is 19.1 Å². The number of pyridine rings is 1. The third-order valence-electron chi connectivity index (χ3n) is 8.60. The molecule has 3 fully saturated rings. The summed E-state index contributed by atoms with van der Waals surface area (Å²) >= 11 is 0. The van der Waals surface area contributed by atoms with E-state index in [4.69, 9.17) is 0 Å². The molecule has 2 amide bonds. The Morgan fingerprint density at radius 2 is 1.88 bits per heavy atom. The van der Waals surface area contributed by atoms with E-state index in [9.17, 15) is 24.3 Å². The van der Waals surface area contributed by atoms with Crippen molar-refractivity contribution in [2.45, 2.75) is 69.7 Å². The average Bonchev–Trinajstić information content (AvgIpc) is 3.38. The number of carbonyl (C=O) groups is 2. The van der Waals surface area contributed by atoms with Gasteiger partial charge >= 0.3 is 0 Å². The molecule has 3 aliphatic carbocycles. The minimum atomic E-state index is -1.65. The van der Waals surface area contributed by atoms with E-state index >= 15 is 0 Å². The summed E-state index contributed by atoms with van der Waals surface area (Å²) in [5.74, 6) is -0.417.